The fourth-order valence-electron chi connectivity index (χ4n) is 2.56. The fourth-order valence-corrected chi connectivity index (χ4v) is 2.56. The molecule has 0 aliphatic heterocycles. The topological polar surface area (TPSA) is 51.0 Å². The molecule has 2 aromatic rings. The Balaban J connectivity index is 2.59. The molecular weight excluding hydrogens is 264 g/mol. The van der Waals surface area contributed by atoms with E-state index in [4.69, 9.17) is 0 Å². The number of carbonyl (C=O) groups is 1. The van der Waals surface area contributed by atoms with Gasteiger partial charge in [-0.15, -0.1) is 0 Å². The number of carbonyl (C=O) groups excluding carboxylic acids is 1. The number of amides is 1. The fraction of sp³-hybridized carbons (Fsp3) is 0.438. The number of hydrogen-bond acceptors (Lipinski definition) is 3. The highest BCUT2D eigenvalue weighted by molar-refractivity contribution is 6.06. The Morgan fingerprint density at radius 3 is 2.67 bits per heavy atom. The SMILES string of the molecule is C=C(C)CN(CC)C(=O)c1cc(C)nc2c1c(C)nn2C. The van der Waals surface area contributed by atoms with Crippen LogP contribution in [0.1, 0.15) is 35.6 Å². The second-order valence-electron chi connectivity index (χ2n) is 5.50. The van der Waals surface area contributed by atoms with Crippen molar-refractivity contribution in [1.82, 2.24) is 19.7 Å². The Morgan fingerprint density at radius 2 is 2.10 bits per heavy atom. The van der Waals surface area contributed by atoms with E-state index in [0.29, 0.717) is 18.7 Å². The third-order valence-corrected chi connectivity index (χ3v) is 3.46. The van der Waals surface area contributed by atoms with Gasteiger partial charge in [-0.05, 0) is 33.8 Å². The summed E-state index contributed by atoms with van der Waals surface area (Å²) in [7, 11) is 1.85. The van der Waals surface area contributed by atoms with Crippen LogP contribution >= 0.6 is 0 Å². The Bertz CT molecular complexity index is 715. The molecule has 5 heteroatoms. The van der Waals surface area contributed by atoms with E-state index < -0.39 is 0 Å². The van der Waals surface area contributed by atoms with E-state index in [0.717, 1.165) is 28.0 Å². The summed E-state index contributed by atoms with van der Waals surface area (Å²) in [5.41, 5.74) is 4.04. The Labute approximate surface area is 125 Å². The molecule has 2 heterocycles. The summed E-state index contributed by atoms with van der Waals surface area (Å²) < 4.78 is 1.73. The zero-order valence-corrected chi connectivity index (χ0v) is 13.4. The lowest BCUT2D eigenvalue weighted by Gasteiger charge is -2.21. The number of fused-ring (bicyclic) bond motifs is 1. The molecule has 2 rings (SSSR count). The van der Waals surface area contributed by atoms with Gasteiger partial charge in [0.1, 0.15) is 0 Å². The lowest BCUT2D eigenvalue weighted by atomic mass is 10.1. The van der Waals surface area contributed by atoms with Gasteiger partial charge in [0.15, 0.2) is 5.65 Å². The van der Waals surface area contributed by atoms with E-state index >= 15 is 0 Å². The molecule has 0 aromatic carbocycles. The summed E-state index contributed by atoms with van der Waals surface area (Å²) in [6.45, 7) is 12.8. The van der Waals surface area contributed by atoms with Crippen LogP contribution in [0, 0.1) is 13.8 Å². The molecule has 0 saturated carbocycles. The largest absolute Gasteiger partial charge is 0.335 e. The highest BCUT2D eigenvalue weighted by atomic mass is 16.2. The lowest BCUT2D eigenvalue weighted by molar-refractivity contribution is 0.0780. The van der Waals surface area contributed by atoms with E-state index in [1.807, 2.05) is 40.8 Å². The molecule has 0 spiro atoms. The van der Waals surface area contributed by atoms with Crippen molar-refractivity contribution in [1.29, 1.82) is 0 Å². The Morgan fingerprint density at radius 1 is 1.43 bits per heavy atom. The second kappa shape index (κ2) is 5.68. The molecule has 0 N–H and O–H groups in total. The molecule has 0 bridgehead atoms. The number of nitrogens with zero attached hydrogens (tertiary/aromatic N) is 4. The quantitative estimate of drug-likeness (QED) is 0.812. The minimum absolute atomic E-state index is 0.00657. The third-order valence-electron chi connectivity index (χ3n) is 3.46. The summed E-state index contributed by atoms with van der Waals surface area (Å²) in [6.07, 6.45) is 0. The summed E-state index contributed by atoms with van der Waals surface area (Å²) in [5, 5.41) is 5.23. The van der Waals surface area contributed by atoms with Gasteiger partial charge in [-0.25, -0.2) is 4.98 Å². The van der Waals surface area contributed by atoms with Crippen molar-refractivity contribution in [3.05, 3.63) is 35.2 Å². The molecule has 112 valence electrons. The van der Waals surface area contributed by atoms with Crippen LogP contribution in [-0.4, -0.2) is 38.7 Å². The molecule has 0 atom stereocenters. The molecule has 1 amide bonds. The third kappa shape index (κ3) is 2.82. The van der Waals surface area contributed by atoms with Crippen molar-refractivity contribution < 1.29 is 4.79 Å². The summed E-state index contributed by atoms with van der Waals surface area (Å²) in [5.74, 6) is 0.00657. The molecule has 0 saturated heterocycles. The van der Waals surface area contributed by atoms with Crippen LogP contribution in [0.15, 0.2) is 18.2 Å². The van der Waals surface area contributed by atoms with E-state index in [2.05, 4.69) is 16.7 Å². The molecule has 2 aromatic heterocycles. The van der Waals surface area contributed by atoms with Crippen LogP contribution in [0.25, 0.3) is 11.0 Å². The predicted molar refractivity (Wildman–Crippen MR) is 84.4 cm³/mol. The van der Waals surface area contributed by atoms with Gasteiger partial charge in [-0.1, -0.05) is 12.2 Å². The van der Waals surface area contributed by atoms with Gasteiger partial charge in [0.2, 0.25) is 0 Å². The molecule has 0 aliphatic rings. The minimum Gasteiger partial charge on any atom is -0.335 e. The van der Waals surface area contributed by atoms with Crippen molar-refractivity contribution in [2.45, 2.75) is 27.7 Å². The monoisotopic (exact) mass is 286 g/mol. The number of pyridine rings is 1. The van der Waals surface area contributed by atoms with Crippen LogP contribution in [0.4, 0.5) is 0 Å². The Kier molecular flexibility index (Phi) is 4.11. The zero-order valence-electron chi connectivity index (χ0n) is 13.4. The van der Waals surface area contributed by atoms with Crippen LogP contribution in [0.5, 0.6) is 0 Å². The zero-order chi connectivity index (χ0) is 15.7. The molecule has 0 aliphatic carbocycles. The predicted octanol–water partition coefficient (Wildman–Crippen LogP) is 2.62. The van der Waals surface area contributed by atoms with Gasteiger partial charge >= 0.3 is 0 Å². The average Bonchev–Trinajstić information content (AvgIpc) is 2.69. The smallest absolute Gasteiger partial charge is 0.255 e. The summed E-state index contributed by atoms with van der Waals surface area (Å²) >= 11 is 0. The number of likely N-dealkylation sites (N-methyl/N-ethyl adjacent to an activating group) is 1. The summed E-state index contributed by atoms with van der Waals surface area (Å²) in [4.78, 5) is 19.2. The second-order valence-corrected chi connectivity index (χ2v) is 5.50. The number of rotatable bonds is 4. The van der Waals surface area contributed by atoms with Crippen molar-refractivity contribution in [2.75, 3.05) is 13.1 Å². The van der Waals surface area contributed by atoms with Crippen LogP contribution < -0.4 is 0 Å². The van der Waals surface area contributed by atoms with Gasteiger partial charge in [-0.2, -0.15) is 5.10 Å². The first-order valence-electron chi connectivity index (χ1n) is 7.09. The highest BCUT2D eigenvalue weighted by Gasteiger charge is 2.21. The molecule has 5 nitrogen and oxygen atoms in total. The van der Waals surface area contributed by atoms with Crippen molar-refractivity contribution in [3.8, 4) is 0 Å². The maximum Gasteiger partial charge on any atom is 0.255 e. The number of hydrogen-bond donors (Lipinski definition) is 0. The maximum atomic E-state index is 12.9. The van der Waals surface area contributed by atoms with Gasteiger partial charge < -0.3 is 4.90 Å². The van der Waals surface area contributed by atoms with Crippen molar-refractivity contribution in [2.24, 2.45) is 7.05 Å². The minimum atomic E-state index is 0.00657. The van der Waals surface area contributed by atoms with Crippen molar-refractivity contribution >= 4 is 16.9 Å². The maximum absolute atomic E-state index is 12.9. The number of aromatic nitrogens is 3. The standard InChI is InChI=1S/C16H22N4O/c1-7-20(9-10(2)3)16(21)13-8-11(4)17-15-14(13)12(5)18-19(15)6/h8H,2,7,9H2,1,3-6H3. The molecule has 0 unspecified atom stereocenters. The van der Waals surface area contributed by atoms with Gasteiger partial charge in [-0.3, -0.25) is 9.48 Å². The van der Waals surface area contributed by atoms with E-state index in [1.54, 1.807) is 9.58 Å². The van der Waals surface area contributed by atoms with Gasteiger partial charge in [0, 0.05) is 25.8 Å². The first kappa shape index (κ1) is 15.2. The summed E-state index contributed by atoms with van der Waals surface area (Å²) in [6, 6.07) is 1.85. The van der Waals surface area contributed by atoms with E-state index in [9.17, 15) is 4.79 Å². The first-order chi connectivity index (χ1) is 9.85. The van der Waals surface area contributed by atoms with E-state index in [-0.39, 0.29) is 5.91 Å². The molecular formula is C16H22N4O. The normalized spacial score (nSPS) is 10.9. The highest BCUT2D eigenvalue weighted by Crippen LogP contribution is 2.23. The van der Waals surface area contributed by atoms with E-state index in [1.165, 1.54) is 0 Å². The Hall–Kier alpha value is -2.17. The molecule has 21 heavy (non-hydrogen) atoms. The van der Waals surface area contributed by atoms with Crippen LogP contribution in [0.2, 0.25) is 0 Å². The van der Waals surface area contributed by atoms with Crippen LogP contribution in [0.3, 0.4) is 0 Å². The average molecular weight is 286 g/mol. The molecule has 0 fully saturated rings. The first-order valence-corrected chi connectivity index (χ1v) is 7.09. The lowest BCUT2D eigenvalue weighted by Crippen LogP contribution is -2.32. The van der Waals surface area contributed by atoms with Gasteiger partial charge in [0.25, 0.3) is 5.91 Å². The van der Waals surface area contributed by atoms with Crippen molar-refractivity contribution in [3.63, 3.8) is 0 Å². The van der Waals surface area contributed by atoms with Gasteiger partial charge in [0.05, 0.1) is 16.6 Å². The van der Waals surface area contributed by atoms with Crippen LogP contribution in [-0.2, 0) is 7.05 Å². The number of aryl methyl sites for hydroxylation is 3. The molecule has 0 radical (unpaired) electrons.